The molecule has 154 valence electrons. The van der Waals surface area contributed by atoms with E-state index in [9.17, 15) is 20.0 Å². The normalized spacial score (nSPS) is 30.8. The highest BCUT2D eigenvalue weighted by Crippen LogP contribution is 2.60. The van der Waals surface area contributed by atoms with E-state index in [2.05, 4.69) is 11.8 Å². The Kier molecular flexibility index (Phi) is 3.86. The van der Waals surface area contributed by atoms with Gasteiger partial charge in [0.2, 0.25) is 5.72 Å². The third-order valence-electron chi connectivity index (χ3n) is 7.47. The summed E-state index contributed by atoms with van der Waals surface area (Å²) in [7, 11) is 1.28. The SMILES string of the molecule is CC[C@]12CCCN3CCc4c(n(c5cc([N+](=O)[O-])ccc45)[C@@](O)(C(=O)OC)C1)[C@@H]32. The Morgan fingerprint density at radius 1 is 1.41 bits per heavy atom. The molecule has 8 heteroatoms. The van der Waals surface area contributed by atoms with Crippen LogP contribution in [0, 0.1) is 15.5 Å². The van der Waals surface area contributed by atoms with E-state index in [0.29, 0.717) is 5.52 Å². The lowest BCUT2D eigenvalue weighted by Crippen LogP contribution is -2.60. The minimum atomic E-state index is -1.87. The van der Waals surface area contributed by atoms with Crippen LogP contribution >= 0.6 is 0 Å². The highest BCUT2D eigenvalue weighted by Gasteiger charge is 2.60. The summed E-state index contributed by atoms with van der Waals surface area (Å²) >= 11 is 0. The number of esters is 1. The number of fused-ring (bicyclic) bond motifs is 3. The number of rotatable bonds is 3. The number of aliphatic hydroxyl groups is 1. The Balaban J connectivity index is 1.90. The fourth-order valence-corrected chi connectivity index (χ4v) is 6.25. The molecule has 1 saturated heterocycles. The van der Waals surface area contributed by atoms with E-state index >= 15 is 0 Å². The molecule has 1 aromatic carbocycles. The van der Waals surface area contributed by atoms with E-state index < -0.39 is 16.6 Å². The molecule has 1 N–H and O–H groups in total. The van der Waals surface area contributed by atoms with Crippen LogP contribution in [0.2, 0.25) is 0 Å². The smallest absolute Gasteiger partial charge is 0.359 e. The van der Waals surface area contributed by atoms with Crippen molar-refractivity contribution < 1.29 is 19.6 Å². The lowest BCUT2D eigenvalue weighted by atomic mass is 9.62. The van der Waals surface area contributed by atoms with Gasteiger partial charge in [0.1, 0.15) is 0 Å². The molecule has 8 nitrogen and oxygen atoms in total. The summed E-state index contributed by atoms with van der Waals surface area (Å²) < 4.78 is 6.70. The Bertz CT molecular complexity index is 1050. The molecule has 0 amide bonds. The number of nitrogens with zero attached hydrogens (tertiary/aromatic N) is 3. The quantitative estimate of drug-likeness (QED) is 0.484. The first-order valence-corrected chi connectivity index (χ1v) is 10.2. The van der Waals surface area contributed by atoms with Gasteiger partial charge >= 0.3 is 5.97 Å². The van der Waals surface area contributed by atoms with E-state index in [1.54, 1.807) is 10.6 Å². The van der Waals surface area contributed by atoms with Crippen LogP contribution in [0.25, 0.3) is 10.9 Å². The zero-order valence-electron chi connectivity index (χ0n) is 16.7. The second-order valence-electron chi connectivity index (χ2n) is 8.65. The average molecular weight is 399 g/mol. The Morgan fingerprint density at radius 2 is 2.21 bits per heavy atom. The molecule has 29 heavy (non-hydrogen) atoms. The maximum Gasteiger partial charge on any atom is 0.359 e. The topological polar surface area (TPSA) is 97.8 Å². The van der Waals surface area contributed by atoms with Gasteiger partial charge in [-0.1, -0.05) is 6.92 Å². The van der Waals surface area contributed by atoms with Gasteiger partial charge in [-0.25, -0.2) is 4.79 Å². The third-order valence-corrected chi connectivity index (χ3v) is 7.47. The maximum absolute atomic E-state index is 12.9. The van der Waals surface area contributed by atoms with Gasteiger partial charge in [-0.2, -0.15) is 0 Å². The monoisotopic (exact) mass is 399 g/mol. The number of nitro benzene ring substituents is 1. The molecule has 0 spiro atoms. The Morgan fingerprint density at radius 3 is 2.90 bits per heavy atom. The summed E-state index contributed by atoms with van der Waals surface area (Å²) in [6.45, 7) is 4.04. The van der Waals surface area contributed by atoms with Crippen LogP contribution in [0.3, 0.4) is 0 Å². The van der Waals surface area contributed by atoms with Crippen molar-refractivity contribution in [3.05, 3.63) is 39.6 Å². The lowest BCUT2D eigenvalue weighted by Gasteiger charge is -2.57. The predicted molar refractivity (Wildman–Crippen MR) is 105 cm³/mol. The van der Waals surface area contributed by atoms with Crippen molar-refractivity contribution >= 4 is 22.6 Å². The number of hydrogen-bond donors (Lipinski definition) is 1. The van der Waals surface area contributed by atoms with Crippen LogP contribution in [0.15, 0.2) is 18.2 Å². The van der Waals surface area contributed by atoms with Gasteiger partial charge in [-0.05, 0) is 49.3 Å². The lowest BCUT2D eigenvalue weighted by molar-refractivity contribution is -0.384. The average Bonchev–Trinajstić information content (AvgIpc) is 3.07. The molecule has 3 aliphatic heterocycles. The molecule has 1 fully saturated rings. The van der Waals surface area contributed by atoms with Gasteiger partial charge in [0.05, 0.1) is 23.6 Å². The number of methoxy groups -OCH3 is 1. The number of aromatic nitrogens is 1. The molecule has 2 aromatic rings. The fraction of sp³-hybridized carbons (Fsp3) is 0.571. The Labute approximate surface area is 168 Å². The first kappa shape index (κ1) is 18.6. The summed E-state index contributed by atoms with van der Waals surface area (Å²) in [6.07, 6.45) is 3.86. The zero-order valence-corrected chi connectivity index (χ0v) is 16.7. The number of ether oxygens (including phenoxy) is 1. The zero-order chi connectivity index (χ0) is 20.6. The predicted octanol–water partition coefficient (Wildman–Crippen LogP) is 2.86. The highest BCUT2D eigenvalue weighted by atomic mass is 16.6. The molecule has 1 aromatic heterocycles. The minimum Gasteiger partial charge on any atom is -0.465 e. The van der Waals surface area contributed by atoms with Crippen molar-refractivity contribution in [2.45, 2.75) is 50.8 Å². The van der Waals surface area contributed by atoms with Gasteiger partial charge in [-0.3, -0.25) is 15.0 Å². The van der Waals surface area contributed by atoms with Crippen molar-refractivity contribution in [1.82, 2.24) is 9.47 Å². The largest absolute Gasteiger partial charge is 0.465 e. The van der Waals surface area contributed by atoms with Gasteiger partial charge in [-0.15, -0.1) is 0 Å². The van der Waals surface area contributed by atoms with E-state index in [0.717, 1.165) is 55.4 Å². The number of piperidine rings is 1. The molecular weight excluding hydrogens is 374 g/mol. The number of carbonyl (C=O) groups excluding carboxylic acids is 1. The molecule has 0 bridgehead atoms. The van der Waals surface area contributed by atoms with E-state index in [-0.39, 0.29) is 23.6 Å². The van der Waals surface area contributed by atoms with Crippen molar-refractivity contribution in [2.75, 3.05) is 20.2 Å². The third kappa shape index (κ3) is 2.24. The van der Waals surface area contributed by atoms with Crippen molar-refractivity contribution in [3.8, 4) is 0 Å². The molecule has 0 unspecified atom stereocenters. The number of carbonyl (C=O) groups is 1. The fourth-order valence-electron chi connectivity index (χ4n) is 6.25. The number of non-ortho nitro benzene ring substituents is 1. The molecule has 3 aliphatic rings. The van der Waals surface area contributed by atoms with E-state index in [4.69, 9.17) is 4.74 Å². The van der Waals surface area contributed by atoms with Crippen LogP contribution in [-0.2, 0) is 21.7 Å². The second kappa shape index (κ2) is 6.03. The van der Waals surface area contributed by atoms with Gasteiger partial charge < -0.3 is 14.4 Å². The van der Waals surface area contributed by atoms with Crippen LogP contribution < -0.4 is 0 Å². The Hall–Kier alpha value is -2.45. The maximum atomic E-state index is 12.9. The summed E-state index contributed by atoms with van der Waals surface area (Å²) in [5.41, 5.74) is 0.415. The first-order chi connectivity index (χ1) is 13.9. The number of nitro groups is 1. The molecule has 0 saturated carbocycles. The summed E-state index contributed by atoms with van der Waals surface area (Å²) in [6, 6.07) is 4.84. The van der Waals surface area contributed by atoms with Gasteiger partial charge in [0.15, 0.2) is 0 Å². The van der Waals surface area contributed by atoms with E-state index in [1.165, 1.54) is 19.2 Å². The molecule has 3 atom stereocenters. The summed E-state index contributed by atoms with van der Waals surface area (Å²) in [5.74, 6) is -0.710. The van der Waals surface area contributed by atoms with Crippen LogP contribution in [0.5, 0.6) is 0 Å². The molecular formula is C21H25N3O5. The number of benzene rings is 1. The summed E-state index contributed by atoms with van der Waals surface area (Å²) in [4.78, 5) is 26.3. The second-order valence-corrected chi connectivity index (χ2v) is 8.65. The highest BCUT2D eigenvalue weighted by molar-refractivity contribution is 5.91. The van der Waals surface area contributed by atoms with Crippen LogP contribution in [-0.4, -0.2) is 45.7 Å². The molecule has 0 radical (unpaired) electrons. The van der Waals surface area contributed by atoms with Crippen molar-refractivity contribution in [2.24, 2.45) is 5.41 Å². The van der Waals surface area contributed by atoms with E-state index in [1.807, 2.05) is 0 Å². The van der Waals surface area contributed by atoms with Crippen molar-refractivity contribution in [1.29, 1.82) is 0 Å². The minimum absolute atomic E-state index is 0.0522. The van der Waals surface area contributed by atoms with Crippen LogP contribution in [0.1, 0.15) is 49.9 Å². The number of hydrogen-bond acceptors (Lipinski definition) is 6. The molecule has 0 aliphatic carbocycles. The van der Waals surface area contributed by atoms with Crippen molar-refractivity contribution in [3.63, 3.8) is 0 Å². The van der Waals surface area contributed by atoms with Crippen LogP contribution in [0.4, 0.5) is 5.69 Å². The standard InChI is InChI=1S/C21H25N3O5/c1-3-20-8-4-9-22-10-7-15-14-6-5-13(24(27)28)11-16(14)23(17(15)18(20)22)21(26,12-20)19(25)29-2/h5-6,11,18,26H,3-4,7-10,12H2,1-2H3/t18-,20+,21+/m1/s1. The summed E-state index contributed by atoms with van der Waals surface area (Å²) in [5, 5.41) is 24.1. The first-order valence-electron chi connectivity index (χ1n) is 10.2. The molecule has 4 heterocycles. The molecule has 5 rings (SSSR count). The van der Waals surface area contributed by atoms with Gasteiger partial charge in [0, 0.05) is 36.2 Å². The van der Waals surface area contributed by atoms with Gasteiger partial charge in [0.25, 0.3) is 5.69 Å².